The standard InChI is InChI=1S/C23H29N5O2S/c1-15-11-16(2)13-19(12-15)24-21(29)14-31-22-6-5-20(26-27-22)28-9-7-17(8-10-28)23(30)25-18-3-4-18/h5-6,11-13,17-18H,3-4,7-10,14H2,1-2H3,(H,24,29)(H,25,30). The molecule has 1 saturated carbocycles. The lowest BCUT2D eigenvalue weighted by Crippen LogP contribution is -2.41. The van der Waals surface area contributed by atoms with E-state index in [0.29, 0.717) is 6.04 Å². The molecule has 2 heterocycles. The van der Waals surface area contributed by atoms with Gasteiger partial charge in [-0.2, -0.15) is 0 Å². The van der Waals surface area contributed by atoms with Crippen LogP contribution in [0, 0.1) is 19.8 Å². The Bertz CT molecular complexity index is 917. The largest absolute Gasteiger partial charge is 0.355 e. The molecule has 1 aliphatic heterocycles. The monoisotopic (exact) mass is 439 g/mol. The van der Waals surface area contributed by atoms with Crippen molar-refractivity contribution in [3.8, 4) is 0 Å². The van der Waals surface area contributed by atoms with Gasteiger partial charge in [-0.1, -0.05) is 17.8 Å². The fraction of sp³-hybridized carbons (Fsp3) is 0.478. The Morgan fingerprint density at radius 3 is 2.35 bits per heavy atom. The molecule has 1 saturated heterocycles. The normalized spacial score (nSPS) is 16.8. The number of carbonyl (C=O) groups excluding carboxylic acids is 2. The highest BCUT2D eigenvalue weighted by Crippen LogP contribution is 2.25. The first kappa shape index (κ1) is 21.6. The van der Waals surface area contributed by atoms with Crippen LogP contribution < -0.4 is 15.5 Å². The van der Waals surface area contributed by atoms with Crippen LogP contribution in [0.5, 0.6) is 0 Å². The van der Waals surface area contributed by atoms with E-state index < -0.39 is 0 Å². The molecule has 2 fully saturated rings. The molecule has 2 aliphatic rings. The molecule has 2 aromatic rings. The Labute approximate surface area is 187 Å². The Balaban J connectivity index is 1.23. The molecule has 1 aliphatic carbocycles. The Hall–Kier alpha value is -2.61. The Morgan fingerprint density at radius 1 is 1.03 bits per heavy atom. The summed E-state index contributed by atoms with van der Waals surface area (Å²) < 4.78 is 0. The number of thioether (sulfide) groups is 1. The van der Waals surface area contributed by atoms with Crippen LogP contribution in [-0.4, -0.2) is 46.9 Å². The third-order valence-electron chi connectivity index (χ3n) is 5.60. The maximum atomic E-state index is 12.3. The highest BCUT2D eigenvalue weighted by atomic mass is 32.2. The zero-order valence-electron chi connectivity index (χ0n) is 18.1. The van der Waals surface area contributed by atoms with Crippen molar-refractivity contribution in [3.05, 3.63) is 41.5 Å². The summed E-state index contributed by atoms with van der Waals surface area (Å²) in [4.78, 5) is 26.7. The fourth-order valence-corrected chi connectivity index (χ4v) is 4.47. The van der Waals surface area contributed by atoms with Crippen molar-refractivity contribution in [2.45, 2.75) is 50.6 Å². The van der Waals surface area contributed by atoms with Crippen molar-refractivity contribution in [3.63, 3.8) is 0 Å². The van der Waals surface area contributed by atoms with Gasteiger partial charge in [0.2, 0.25) is 11.8 Å². The molecule has 1 aromatic heterocycles. The molecule has 0 bridgehead atoms. The van der Waals surface area contributed by atoms with E-state index in [1.54, 1.807) is 0 Å². The third kappa shape index (κ3) is 6.19. The van der Waals surface area contributed by atoms with E-state index in [9.17, 15) is 9.59 Å². The second-order valence-corrected chi connectivity index (χ2v) is 9.48. The molecular formula is C23H29N5O2S. The lowest BCUT2D eigenvalue weighted by Gasteiger charge is -2.31. The topological polar surface area (TPSA) is 87.2 Å². The minimum absolute atomic E-state index is 0.0626. The van der Waals surface area contributed by atoms with Crippen LogP contribution in [0.15, 0.2) is 35.4 Å². The highest BCUT2D eigenvalue weighted by molar-refractivity contribution is 7.99. The molecule has 1 aromatic carbocycles. The molecular weight excluding hydrogens is 410 g/mol. The summed E-state index contributed by atoms with van der Waals surface area (Å²) in [6, 6.07) is 10.3. The van der Waals surface area contributed by atoms with Gasteiger partial charge < -0.3 is 15.5 Å². The molecule has 4 rings (SSSR count). The number of benzene rings is 1. The second kappa shape index (κ2) is 9.68. The number of piperidine rings is 1. The molecule has 31 heavy (non-hydrogen) atoms. The minimum atomic E-state index is -0.0626. The number of amides is 2. The number of hydrogen-bond donors (Lipinski definition) is 2. The Morgan fingerprint density at radius 2 is 1.74 bits per heavy atom. The maximum Gasteiger partial charge on any atom is 0.234 e. The molecule has 2 N–H and O–H groups in total. The van der Waals surface area contributed by atoms with Gasteiger partial charge in [0.05, 0.1) is 5.75 Å². The molecule has 0 atom stereocenters. The van der Waals surface area contributed by atoms with Crippen LogP contribution in [0.3, 0.4) is 0 Å². The van der Waals surface area contributed by atoms with E-state index >= 15 is 0 Å². The predicted octanol–water partition coefficient (Wildman–Crippen LogP) is 3.32. The third-order valence-corrected chi connectivity index (χ3v) is 6.52. The van der Waals surface area contributed by atoms with Crippen molar-refractivity contribution in [2.24, 2.45) is 5.92 Å². The van der Waals surface area contributed by atoms with Gasteiger partial charge in [0.15, 0.2) is 5.82 Å². The van der Waals surface area contributed by atoms with Gasteiger partial charge in [-0.3, -0.25) is 9.59 Å². The molecule has 7 nitrogen and oxygen atoms in total. The number of anilines is 2. The predicted molar refractivity (Wildman–Crippen MR) is 123 cm³/mol. The van der Waals surface area contributed by atoms with Crippen molar-refractivity contribution in [1.82, 2.24) is 15.5 Å². The number of nitrogens with zero attached hydrogens (tertiary/aromatic N) is 3. The lowest BCUT2D eigenvalue weighted by molar-refractivity contribution is -0.125. The van der Waals surface area contributed by atoms with E-state index in [0.717, 1.165) is 66.4 Å². The van der Waals surface area contributed by atoms with Gasteiger partial charge in [-0.05, 0) is 74.9 Å². The first-order valence-electron chi connectivity index (χ1n) is 10.9. The van der Waals surface area contributed by atoms with E-state index in [2.05, 4.69) is 31.8 Å². The number of aromatic nitrogens is 2. The summed E-state index contributed by atoms with van der Waals surface area (Å²) in [5, 5.41) is 15.4. The van der Waals surface area contributed by atoms with Gasteiger partial charge in [0.25, 0.3) is 0 Å². The van der Waals surface area contributed by atoms with Crippen LogP contribution in [0.1, 0.15) is 36.8 Å². The van der Waals surface area contributed by atoms with Crippen LogP contribution in [0.25, 0.3) is 0 Å². The van der Waals surface area contributed by atoms with Gasteiger partial charge in [0, 0.05) is 30.7 Å². The van der Waals surface area contributed by atoms with Crippen molar-refractivity contribution in [2.75, 3.05) is 29.1 Å². The summed E-state index contributed by atoms with van der Waals surface area (Å²) in [6.45, 7) is 5.64. The number of rotatable bonds is 7. The zero-order chi connectivity index (χ0) is 21.8. The SMILES string of the molecule is Cc1cc(C)cc(NC(=O)CSc2ccc(N3CCC(C(=O)NC4CC4)CC3)nn2)c1. The number of carbonyl (C=O) groups is 2. The van der Waals surface area contributed by atoms with E-state index in [4.69, 9.17) is 0 Å². The fourth-order valence-electron chi connectivity index (χ4n) is 3.86. The molecule has 0 unspecified atom stereocenters. The average Bonchev–Trinajstić information content (AvgIpc) is 3.56. The van der Waals surface area contributed by atoms with E-state index in [1.807, 2.05) is 38.1 Å². The van der Waals surface area contributed by atoms with Crippen LogP contribution >= 0.6 is 11.8 Å². The van der Waals surface area contributed by atoms with Crippen LogP contribution in [0.4, 0.5) is 11.5 Å². The molecule has 164 valence electrons. The van der Waals surface area contributed by atoms with Crippen LogP contribution in [0.2, 0.25) is 0 Å². The first-order valence-corrected chi connectivity index (χ1v) is 11.8. The van der Waals surface area contributed by atoms with Gasteiger partial charge in [-0.15, -0.1) is 10.2 Å². The Kier molecular flexibility index (Phi) is 6.75. The summed E-state index contributed by atoms with van der Waals surface area (Å²) in [5.74, 6) is 1.36. The summed E-state index contributed by atoms with van der Waals surface area (Å²) in [5.41, 5.74) is 3.06. The average molecular weight is 440 g/mol. The smallest absolute Gasteiger partial charge is 0.234 e. The van der Waals surface area contributed by atoms with E-state index in [1.165, 1.54) is 11.8 Å². The number of aryl methyl sites for hydroxylation is 2. The van der Waals surface area contributed by atoms with Crippen LogP contribution in [-0.2, 0) is 9.59 Å². The van der Waals surface area contributed by atoms with E-state index in [-0.39, 0.29) is 23.5 Å². The minimum Gasteiger partial charge on any atom is -0.355 e. The lowest BCUT2D eigenvalue weighted by atomic mass is 9.96. The van der Waals surface area contributed by atoms with Crippen molar-refractivity contribution in [1.29, 1.82) is 0 Å². The summed E-state index contributed by atoms with van der Waals surface area (Å²) in [7, 11) is 0. The number of hydrogen-bond acceptors (Lipinski definition) is 6. The quantitative estimate of drug-likeness (QED) is 0.644. The molecule has 0 radical (unpaired) electrons. The first-order chi connectivity index (χ1) is 15.0. The highest BCUT2D eigenvalue weighted by Gasteiger charge is 2.30. The maximum absolute atomic E-state index is 12.3. The van der Waals surface area contributed by atoms with Gasteiger partial charge in [-0.25, -0.2) is 0 Å². The summed E-state index contributed by atoms with van der Waals surface area (Å²) in [6.07, 6.45) is 3.93. The number of nitrogens with one attached hydrogen (secondary N) is 2. The van der Waals surface area contributed by atoms with Crippen molar-refractivity contribution < 1.29 is 9.59 Å². The second-order valence-electron chi connectivity index (χ2n) is 8.49. The zero-order valence-corrected chi connectivity index (χ0v) is 18.9. The van der Waals surface area contributed by atoms with Gasteiger partial charge in [0.1, 0.15) is 5.03 Å². The molecule has 8 heteroatoms. The summed E-state index contributed by atoms with van der Waals surface area (Å²) >= 11 is 1.37. The van der Waals surface area contributed by atoms with Gasteiger partial charge >= 0.3 is 0 Å². The molecule has 0 spiro atoms. The van der Waals surface area contributed by atoms with Crippen molar-refractivity contribution >= 4 is 35.1 Å². The molecule has 2 amide bonds.